The summed E-state index contributed by atoms with van der Waals surface area (Å²) in [5.74, 6) is 0.756. The standard InChI is InChI=1S/C24H23ClO2S/c1-17-5-2-3-6-22(17)24(27)19-10-14-21(15-11-19)28-20-12-8-18(9-13-20)23(26)7-4-16-25/h2,5,8-15H,3-4,6-7,16H2,1H3. The molecule has 1 aliphatic carbocycles. The number of hydrogen-bond acceptors (Lipinski definition) is 3. The molecule has 0 N–H and O–H groups in total. The van der Waals surface area contributed by atoms with E-state index in [9.17, 15) is 9.59 Å². The zero-order chi connectivity index (χ0) is 19.9. The highest BCUT2D eigenvalue weighted by molar-refractivity contribution is 7.99. The summed E-state index contributed by atoms with van der Waals surface area (Å²) in [6, 6.07) is 15.4. The number of halogens is 1. The molecular weight excluding hydrogens is 388 g/mol. The van der Waals surface area contributed by atoms with E-state index in [0.29, 0.717) is 18.7 Å². The van der Waals surface area contributed by atoms with Crippen molar-refractivity contribution in [2.75, 3.05) is 5.88 Å². The third-order valence-corrected chi connectivity index (χ3v) is 6.03. The first kappa shape index (κ1) is 20.6. The average molecular weight is 411 g/mol. The molecule has 2 aromatic rings. The fraction of sp³-hybridized carbons (Fsp3) is 0.250. The van der Waals surface area contributed by atoms with E-state index in [4.69, 9.17) is 11.6 Å². The second-order valence-corrected chi connectivity index (χ2v) is 8.32. The van der Waals surface area contributed by atoms with Gasteiger partial charge in [-0.2, -0.15) is 0 Å². The van der Waals surface area contributed by atoms with Gasteiger partial charge in [-0.1, -0.05) is 36.0 Å². The summed E-state index contributed by atoms with van der Waals surface area (Å²) in [5.41, 5.74) is 3.43. The van der Waals surface area contributed by atoms with E-state index >= 15 is 0 Å². The molecular formula is C24H23ClO2S. The van der Waals surface area contributed by atoms with Gasteiger partial charge in [0.2, 0.25) is 0 Å². The first-order valence-electron chi connectivity index (χ1n) is 9.46. The molecule has 0 aromatic heterocycles. The zero-order valence-corrected chi connectivity index (χ0v) is 17.5. The predicted molar refractivity (Wildman–Crippen MR) is 117 cm³/mol. The lowest BCUT2D eigenvalue weighted by molar-refractivity contribution is 0.0980. The van der Waals surface area contributed by atoms with E-state index in [-0.39, 0.29) is 11.6 Å². The van der Waals surface area contributed by atoms with Crippen molar-refractivity contribution >= 4 is 34.9 Å². The molecule has 0 radical (unpaired) electrons. The number of Topliss-reactive ketones (excluding diaryl/α,β-unsaturated/α-hetero) is 2. The Hall–Kier alpha value is -2.10. The average Bonchev–Trinajstić information content (AvgIpc) is 2.73. The van der Waals surface area contributed by atoms with Crippen LogP contribution in [-0.2, 0) is 0 Å². The van der Waals surface area contributed by atoms with Crippen LogP contribution in [0.1, 0.15) is 53.3 Å². The summed E-state index contributed by atoms with van der Waals surface area (Å²) in [6.45, 7) is 2.00. The summed E-state index contributed by atoms with van der Waals surface area (Å²) < 4.78 is 0. The number of benzene rings is 2. The van der Waals surface area contributed by atoms with E-state index in [2.05, 4.69) is 6.08 Å². The Morgan fingerprint density at radius 1 is 0.964 bits per heavy atom. The lowest BCUT2D eigenvalue weighted by Crippen LogP contribution is -2.07. The van der Waals surface area contributed by atoms with Crippen molar-refractivity contribution in [2.45, 2.75) is 42.4 Å². The summed E-state index contributed by atoms with van der Waals surface area (Å²) >= 11 is 7.26. The fourth-order valence-electron chi connectivity index (χ4n) is 3.14. The van der Waals surface area contributed by atoms with Crippen LogP contribution < -0.4 is 0 Å². The molecule has 0 saturated carbocycles. The molecule has 0 bridgehead atoms. The normalized spacial score (nSPS) is 13.6. The molecule has 0 aliphatic heterocycles. The number of rotatable bonds is 8. The maximum absolute atomic E-state index is 12.7. The Morgan fingerprint density at radius 3 is 2.14 bits per heavy atom. The second kappa shape index (κ2) is 9.90. The SMILES string of the molecule is CC1=C(C(=O)c2ccc(Sc3ccc(C(=O)CCCCl)cc3)cc2)CCC=C1. The fourth-order valence-corrected chi connectivity index (χ4v) is 4.09. The lowest BCUT2D eigenvalue weighted by Gasteiger charge is -2.12. The molecule has 3 rings (SSSR count). The van der Waals surface area contributed by atoms with Crippen molar-refractivity contribution in [1.82, 2.24) is 0 Å². The molecule has 0 heterocycles. The Balaban J connectivity index is 1.65. The van der Waals surface area contributed by atoms with Gasteiger partial charge in [0.1, 0.15) is 0 Å². The number of carbonyl (C=O) groups excluding carboxylic acids is 2. The van der Waals surface area contributed by atoms with Crippen molar-refractivity contribution in [3.8, 4) is 0 Å². The highest BCUT2D eigenvalue weighted by atomic mass is 35.5. The van der Waals surface area contributed by atoms with Gasteiger partial charge in [0.15, 0.2) is 11.6 Å². The van der Waals surface area contributed by atoms with E-state index in [1.54, 1.807) is 11.8 Å². The van der Waals surface area contributed by atoms with Gasteiger partial charge in [0.25, 0.3) is 0 Å². The minimum Gasteiger partial charge on any atom is -0.294 e. The summed E-state index contributed by atoms with van der Waals surface area (Å²) in [6.07, 6.45) is 7.07. The van der Waals surface area contributed by atoms with E-state index in [1.165, 1.54) is 0 Å². The van der Waals surface area contributed by atoms with Crippen LogP contribution in [-0.4, -0.2) is 17.4 Å². The van der Waals surface area contributed by atoms with E-state index < -0.39 is 0 Å². The zero-order valence-electron chi connectivity index (χ0n) is 15.9. The smallest absolute Gasteiger partial charge is 0.189 e. The van der Waals surface area contributed by atoms with Crippen LogP contribution in [0.2, 0.25) is 0 Å². The van der Waals surface area contributed by atoms with Crippen molar-refractivity contribution in [3.05, 3.63) is 83.0 Å². The Labute approximate surface area is 175 Å². The predicted octanol–water partition coefficient (Wildman–Crippen LogP) is 6.89. The highest BCUT2D eigenvalue weighted by Gasteiger charge is 2.15. The van der Waals surface area contributed by atoms with Crippen LogP contribution >= 0.6 is 23.4 Å². The van der Waals surface area contributed by atoms with Crippen molar-refractivity contribution in [3.63, 3.8) is 0 Å². The number of carbonyl (C=O) groups is 2. The quantitative estimate of drug-likeness (QED) is 0.351. The Kier molecular flexibility index (Phi) is 7.30. The third kappa shape index (κ3) is 5.24. The molecule has 0 atom stereocenters. The van der Waals surface area contributed by atoms with Crippen molar-refractivity contribution in [1.29, 1.82) is 0 Å². The van der Waals surface area contributed by atoms with Gasteiger partial charge in [0, 0.05) is 38.8 Å². The molecule has 0 unspecified atom stereocenters. The van der Waals surface area contributed by atoms with Crippen LogP contribution in [0.15, 0.2) is 81.6 Å². The Morgan fingerprint density at radius 2 is 1.57 bits per heavy atom. The van der Waals surface area contributed by atoms with Gasteiger partial charge in [-0.25, -0.2) is 0 Å². The van der Waals surface area contributed by atoms with E-state index in [1.807, 2.05) is 61.5 Å². The molecule has 0 saturated heterocycles. The molecule has 4 heteroatoms. The monoisotopic (exact) mass is 410 g/mol. The second-order valence-electron chi connectivity index (χ2n) is 6.80. The summed E-state index contributed by atoms with van der Waals surface area (Å²) in [7, 11) is 0. The van der Waals surface area contributed by atoms with Crippen molar-refractivity contribution < 1.29 is 9.59 Å². The topological polar surface area (TPSA) is 34.1 Å². The third-order valence-electron chi connectivity index (χ3n) is 4.74. The van der Waals surface area contributed by atoms with Gasteiger partial charge in [0.05, 0.1) is 0 Å². The molecule has 0 fully saturated rings. The first-order valence-corrected chi connectivity index (χ1v) is 10.8. The molecule has 0 spiro atoms. The number of alkyl halides is 1. The first-order chi connectivity index (χ1) is 13.6. The van der Waals surface area contributed by atoms with Gasteiger partial charge in [-0.3, -0.25) is 9.59 Å². The van der Waals surface area contributed by atoms with E-state index in [0.717, 1.165) is 44.9 Å². The lowest BCUT2D eigenvalue weighted by atomic mass is 9.92. The number of allylic oxidation sites excluding steroid dienone is 4. The maximum Gasteiger partial charge on any atom is 0.189 e. The molecule has 28 heavy (non-hydrogen) atoms. The number of hydrogen-bond donors (Lipinski definition) is 0. The van der Waals surface area contributed by atoms with Gasteiger partial charge >= 0.3 is 0 Å². The minimum atomic E-state index is 0.123. The van der Waals surface area contributed by atoms with Gasteiger partial charge < -0.3 is 0 Å². The summed E-state index contributed by atoms with van der Waals surface area (Å²) in [4.78, 5) is 26.9. The molecule has 0 amide bonds. The van der Waals surface area contributed by atoms with Crippen LogP contribution in [0.25, 0.3) is 0 Å². The van der Waals surface area contributed by atoms with Crippen LogP contribution in [0.3, 0.4) is 0 Å². The van der Waals surface area contributed by atoms with Crippen LogP contribution in [0.4, 0.5) is 0 Å². The minimum absolute atomic E-state index is 0.123. The molecule has 144 valence electrons. The molecule has 2 nitrogen and oxygen atoms in total. The van der Waals surface area contributed by atoms with Gasteiger partial charge in [-0.15, -0.1) is 11.6 Å². The maximum atomic E-state index is 12.7. The summed E-state index contributed by atoms with van der Waals surface area (Å²) in [5, 5.41) is 0. The number of ketones is 2. The molecule has 1 aliphatic rings. The Bertz CT molecular complexity index is 909. The molecule has 2 aromatic carbocycles. The largest absolute Gasteiger partial charge is 0.294 e. The van der Waals surface area contributed by atoms with Gasteiger partial charge in [-0.05, 0) is 68.2 Å². The van der Waals surface area contributed by atoms with Crippen LogP contribution in [0, 0.1) is 0 Å². The van der Waals surface area contributed by atoms with Crippen molar-refractivity contribution in [2.24, 2.45) is 0 Å². The van der Waals surface area contributed by atoms with Crippen LogP contribution in [0.5, 0.6) is 0 Å². The highest BCUT2D eigenvalue weighted by Crippen LogP contribution is 2.29.